The van der Waals surface area contributed by atoms with Gasteiger partial charge in [-0.25, -0.2) is 9.97 Å². The van der Waals surface area contributed by atoms with Crippen LogP contribution in [-0.4, -0.2) is 85.2 Å². The van der Waals surface area contributed by atoms with Crippen LogP contribution in [0.2, 0.25) is 0 Å². The van der Waals surface area contributed by atoms with Crippen LogP contribution < -0.4 is 9.80 Å². The van der Waals surface area contributed by atoms with Gasteiger partial charge in [0, 0.05) is 68.8 Å². The minimum atomic E-state index is -0.0607. The number of piperazine rings is 2. The molecule has 3 heterocycles. The summed E-state index contributed by atoms with van der Waals surface area (Å²) in [5.74, 6) is 2.04. The number of fused-ring (bicyclic) bond motifs is 1. The summed E-state index contributed by atoms with van der Waals surface area (Å²) in [5, 5.41) is 1.17. The van der Waals surface area contributed by atoms with Crippen molar-refractivity contribution < 1.29 is 0 Å². The first-order valence-corrected chi connectivity index (χ1v) is 13.7. The van der Waals surface area contributed by atoms with E-state index in [0.717, 1.165) is 56.4 Å². The van der Waals surface area contributed by atoms with Gasteiger partial charge < -0.3 is 9.80 Å². The molecule has 3 aromatic rings. The van der Waals surface area contributed by atoms with Gasteiger partial charge in [-0.1, -0.05) is 51.1 Å². The van der Waals surface area contributed by atoms with Crippen LogP contribution in [0.5, 0.6) is 0 Å². The molecule has 0 aliphatic carbocycles. The molecule has 0 saturated carbocycles. The van der Waals surface area contributed by atoms with Gasteiger partial charge in [-0.15, -0.1) is 0 Å². The van der Waals surface area contributed by atoms with Gasteiger partial charge in [0.05, 0.1) is 5.52 Å². The summed E-state index contributed by atoms with van der Waals surface area (Å²) in [5.41, 5.74) is 2.36. The summed E-state index contributed by atoms with van der Waals surface area (Å²) in [7, 11) is 0. The number of anilines is 2. The highest BCUT2D eigenvalue weighted by atomic mass is 15.3. The average Bonchev–Trinajstić information content (AvgIpc) is 2.91. The van der Waals surface area contributed by atoms with Crippen molar-refractivity contribution in [2.24, 2.45) is 0 Å². The Hall–Kier alpha value is -2.70. The van der Waals surface area contributed by atoms with Crippen molar-refractivity contribution in [1.82, 2.24) is 19.8 Å². The summed E-state index contributed by atoms with van der Waals surface area (Å²) in [4.78, 5) is 20.2. The molecule has 2 aromatic carbocycles. The average molecular weight is 487 g/mol. The van der Waals surface area contributed by atoms with E-state index in [4.69, 9.17) is 9.97 Å². The highest BCUT2D eigenvalue weighted by molar-refractivity contribution is 5.89. The Morgan fingerprint density at radius 1 is 0.639 bits per heavy atom. The topological polar surface area (TPSA) is 38.7 Å². The van der Waals surface area contributed by atoms with E-state index >= 15 is 0 Å². The Bertz CT molecular complexity index is 1110. The van der Waals surface area contributed by atoms with Crippen molar-refractivity contribution >= 4 is 22.4 Å². The van der Waals surface area contributed by atoms with Crippen LogP contribution in [0.15, 0.2) is 54.6 Å². The van der Waals surface area contributed by atoms with Gasteiger partial charge in [0.15, 0.2) is 0 Å². The SMILES string of the molecule is CC(C)(C)c1nc(N2CCN(CCCCN3CCN(c4ccccc4)CC3)CC2)c2ccccc2n1. The minimum Gasteiger partial charge on any atom is -0.369 e. The fourth-order valence-electron chi connectivity index (χ4n) is 5.36. The third kappa shape index (κ3) is 5.98. The largest absolute Gasteiger partial charge is 0.369 e. The Balaban J connectivity index is 1.07. The summed E-state index contributed by atoms with van der Waals surface area (Å²) in [6, 6.07) is 19.3. The lowest BCUT2D eigenvalue weighted by Gasteiger charge is -2.37. The van der Waals surface area contributed by atoms with Crippen LogP contribution in [-0.2, 0) is 5.41 Å². The van der Waals surface area contributed by atoms with Crippen molar-refractivity contribution in [3.63, 3.8) is 0 Å². The van der Waals surface area contributed by atoms with Gasteiger partial charge >= 0.3 is 0 Å². The molecule has 0 bridgehead atoms. The highest BCUT2D eigenvalue weighted by Crippen LogP contribution is 2.29. The van der Waals surface area contributed by atoms with E-state index in [0.29, 0.717) is 0 Å². The van der Waals surface area contributed by atoms with E-state index in [1.165, 1.54) is 50.1 Å². The number of unbranched alkanes of at least 4 members (excludes halogenated alkanes) is 1. The third-order valence-electron chi connectivity index (χ3n) is 7.62. The Labute approximate surface area is 216 Å². The van der Waals surface area contributed by atoms with Gasteiger partial charge in [-0.05, 0) is 50.2 Å². The monoisotopic (exact) mass is 486 g/mol. The number of hydrogen-bond acceptors (Lipinski definition) is 6. The molecule has 2 saturated heterocycles. The number of nitrogens with zero attached hydrogens (tertiary/aromatic N) is 6. The predicted molar refractivity (Wildman–Crippen MR) is 151 cm³/mol. The molecule has 192 valence electrons. The predicted octanol–water partition coefficient (Wildman–Crippen LogP) is 4.65. The molecule has 5 rings (SSSR count). The van der Waals surface area contributed by atoms with Gasteiger partial charge in [-0.3, -0.25) is 9.80 Å². The zero-order chi connectivity index (χ0) is 25.0. The molecule has 0 unspecified atom stereocenters. The van der Waals surface area contributed by atoms with Gasteiger partial charge in [0.1, 0.15) is 11.6 Å². The van der Waals surface area contributed by atoms with Crippen LogP contribution in [0, 0.1) is 0 Å². The molecule has 36 heavy (non-hydrogen) atoms. The maximum atomic E-state index is 5.06. The van der Waals surface area contributed by atoms with Crippen LogP contribution in [0.3, 0.4) is 0 Å². The molecule has 2 aliphatic rings. The Morgan fingerprint density at radius 3 is 1.81 bits per heavy atom. The lowest BCUT2D eigenvalue weighted by atomic mass is 9.95. The zero-order valence-electron chi connectivity index (χ0n) is 22.4. The maximum absolute atomic E-state index is 5.06. The molecule has 2 aliphatic heterocycles. The Morgan fingerprint density at radius 2 is 1.19 bits per heavy atom. The number of rotatable bonds is 7. The molecule has 0 spiro atoms. The quantitative estimate of drug-likeness (QED) is 0.453. The lowest BCUT2D eigenvalue weighted by Crippen LogP contribution is -2.47. The summed E-state index contributed by atoms with van der Waals surface area (Å²) in [6.45, 7) is 17.9. The second-order valence-electron chi connectivity index (χ2n) is 11.3. The molecule has 0 N–H and O–H groups in total. The number of benzene rings is 2. The van der Waals surface area contributed by atoms with Crippen molar-refractivity contribution in [1.29, 1.82) is 0 Å². The zero-order valence-corrected chi connectivity index (χ0v) is 22.4. The number of aromatic nitrogens is 2. The fraction of sp³-hybridized carbons (Fsp3) is 0.533. The third-order valence-corrected chi connectivity index (χ3v) is 7.62. The smallest absolute Gasteiger partial charge is 0.140 e. The van der Waals surface area contributed by atoms with E-state index in [9.17, 15) is 0 Å². The van der Waals surface area contributed by atoms with Crippen molar-refractivity contribution in [3.05, 3.63) is 60.4 Å². The minimum absolute atomic E-state index is 0.0607. The first kappa shape index (κ1) is 25.0. The fourth-order valence-corrected chi connectivity index (χ4v) is 5.36. The second kappa shape index (κ2) is 11.1. The van der Waals surface area contributed by atoms with E-state index in [-0.39, 0.29) is 5.41 Å². The van der Waals surface area contributed by atoms with Crippen LogP contribution in [0.1, 0.15) is 39.4 Å². The highest BCUT2D eigenvalue weighted by Gasteiger charge is 2.24. The molecular formula is C30H42N6. The van der Waals surface area contributed by atoms with Gasteiger partial charge in [-0.2, -0.15) is 0 Å². The van der Waals surface area contributed by atoms with Gasteiger partial charge in [0.25, 0.3) is 0 Å². The lowest BCUT2D eigenvalue weighted by molar-refractivity contribution is 0.227. The molecule has 2 fully saturated rings. The standard InChI is InChI=1S/C30H42N6/c1-30(2,3)29-31-27-14-8-7-13-26(27)28(32-29)36-23-19-34(20-24-36)16-10-9-15-33-17-21-35(22-18-33)25-11-5-4-6-12-25/h4-8,11-14H,9-10,15-24H2,1-3H3. The molecule has 0 amide bonds. The molecule has 6 nitrogen and oxygen atoms in total. The summed E-state index contributed by atoms with van der Waals surface area (Å²) in [6.07, 6.45) is 2.57. The summed E-state index contributed by atoms with van der Waals surface area (Å²) < 4.78 is 0. The normalized spacial score (nSPS) is 18.2. The summed E-state index contributed by atoms with van der Waals surface area (Å²) >= 11 is 0. The van der Waals surface area contributed by atoms with Crippen LogP contribution in [0.25, 0.3) is 10.9 Å². The Kier molecular flexibility index (Phi) is 7.73. The number of hydrogen-bond donors (Lipinski definition) is 0. The molecule has 0 radical (unpaired) electrons. The van der Waals surface area contributed by atoms with Crippen molar-refractivity contribution in [3.8, 4) is 0 Å². The van der Waals surface area contributed by atoms with Gasteiger partial charge in [0.2, 0.25) is 0 Å². The van der Waals surface area contributed by atoms with E-state index < -0.39 is 0 Å². The van der Waals surface area contributed by atoms with E-state index in [1.807, 2.05) is 0 Å². The maximum Gasteiger partial charge on any atom is 0.140 e. The van der Waals surface area contributed by atoms with Crippen LogP contribution in [0.4, 0.5) is 11.5 Å². The van der Waals surface area contributed by atoms with Crippen molar-refractivity contribution in [2.75, 3.05) is 75.2 Å². The van der Waals surface area contributed by atoms with E-state index in [2.05, 4.69) is 95.0 Å². The molecule has 1 aromatic heterocycles. The number of para-hydroxylation sites is 2. The van der Waals surface area contributed by atoms with Crippen LogP contribution >= 0.6 is 0 Å². The van der Waals surface area contributed by atoms with Crippen molar-refractivity contribution in [2.45, 2.75) is 39.0 Å². The molecular weight excluding hydrogens is 444 g/mol. The molecule has 0 atom stereocenters. The molecule has 6 heteroatoms. The first-order valence-electron chi connectivity index (χ1n) is 13.7. The first-order chi connectivity index (χ1) is 17.5. The second-order valence-corrected chi connectivity index (χ2v) is 11.3. The van der Waals surface area contributed by atoms with E-state index in [1.54, 1.807) is 0 Å².